The number of allylic oxidation sites excluding steroid dienone is 3. The van der Waals surface area contributed by atoms with Crippen LogP contribution < -0.4 is 5.73 Å². The fourth-order valence-corrected chi connectivity index (χ4v) is 2.63. The van der Waals surface area contributed by atoms with Crippen molar-refractivity contribution in [3.05, 3.63) is 34.4 Å². The highest BCUT2D eigenvalue weighted by molar-refractivity contribution is 7.81. The molecule has 1 atom stereocenters. The average Bonchev–Trinajstić information content (AvgIpc) is 2.61. The van der Waals surface area contributed by atoms with E-state index in [0.717, 1.165) is 18.0 Å². The third-order valence-corrected chi connectivity index (χ3v) is 4.07. The summed E-state index contributed by atoms with van der Waals surface area (Å²) in [6, 6.07) is 0. The van der Waals surface area contributed by atoms with Crippen LogP contribution in [0.25, 0.3) is 0 Å². The monoisotopic (exact) mass is 268 g/mol. The lowest BCUT2D eigenvalue weighted by Gasteiger charge is -2.14. The standard InChI is InChI=1S/C13H21N2PS/c1-4-5-10(9(2)3)12(8-14)11-6-7-15(16)13(11)17/h4-5H,6-8,14,16H2,1-3H3/b5-4-,12-11-. The topological polar surface area (TPSA) is 29.3 Å². The van der Waals surface area contributed by atoms with Gasteiger partial charge >= 0.3 is 0 Å². The molecule has 0 spiro atoms. The molecule has 1 aliphatic heterocycles. The zero-order valence-electron chi connectivity index (χ0n) is 10.8. The SMILES string of the molecule is C/C=C\C(=C(C)C)/C(CN)=C1/CCN(P)C1=S. The molecule has 2 nitrogen and oxygen atoms in total. The molecule has 1 unspecified atom stereocenters. The van der Waals surface area contributed by atoms with Gasteiger partial charge in [0.15, 0.2) is 0 Å². The number of nitrogens with zero attached hydrogens (tertiary/aromatic N) is 1. The van der Waals surface area contributed by atoms with Gasteiger partial charge in [-0.3, -0.25) is 0 Å². The molecule has 0 bridgehead atoms. The van der Waals surface area contributed by atoms with Crippen LogP contribution in [0.2, 0.25) is 0 Å². The molecular formula is C13H21N2PS. The Morgan fingerprint density at radius 2 is 2.18 bits per heavy atom. The Hall–Kier alpha value is -0.500. The number of rotatable bonds is 3. The summed E-state index contributed by atoms with van der Waals surface area (Å²) in [5.41, 5.74) is 10.8. The van der Waals surface area contributed by atoms with Crippen molar-refractivity contribution >= 4 is 26.6 Å². The normalized spacial score (nSPS) is 19.1. The van der Waals surface area contributed by atoms with Crippen molar-refractivity contribution in [2.75, 3.05) is 13.1 Å². The second kappa shape index (κ2) is 6.44. The molecule has 0 aromatic carbocycles. The minimum absolute atomic E-state index is 0.541. The Balaban J connectivity index is 3.28. The fraction of sp³-hybridized carbons (Fsp3) is 0.462. The summed E-state index contributed by atoms with van der Waals surface area (Å²) in [5.74, 6) is 0. The predicted octanol–water partition coefficient (Wildman–Crippen LogP) is 2.98. The summed E-state index contributed by atoms with van der Waals surface area (Å²) in [7, 11) is 2.67. The molecule has 1 saturated heterocycles. The molecule has 4 heteroatoms. The van der Waals surface area contributed by atoms with Crippen LogP contribution in [0.1, 0.15) is 27.2 Å². The molecule has 17 heavy (non-hydrogen) atoms. The summed E-state index contributed by atoms with van der Waals surface area (Å²) < 4.78 is 2.04. The van der Waals surface area contributed by atoms with Crippen molar-refractivity contribution in [2.24, 2.45) is 5.73 Å². The van der Waals surface area contributed by atoms with Gasteiger partial charge in [-0.15, -0.1) is 0 Å². The van der Waals surface area contributed by atoms with Crippen LogP contribution in [0.3, 0.4) is 0 Å². The van der Waals surface area contributed by atoms with Crippen LogP contribution >= 0.6 is 21.6 Å². The van der Waals surface area contributed by atoms with Gasteiger partial charge in [-0.2, -0.15) is 0 Å². The molecule has 0 amide bonds. The minimum Gasteiger partial charge on any atom is -0.347 e. The molecule has 0 aromatic heterocycles. The van der Waals surface area contributed by atoms with Gasteiger partial charge in [-0.1, -0.05) is 29.9 Å². The van der Waals surface area contributed by atoms with Crippen molar-refractivity contribution in [2.45, 2.75) is 27.2 Å². The molecule has 0 radical (unpaired) electrons. The average molecular weight is 268 g/mol. The van der Waals surface area contributed by atoms with Gasteiger partial charge in [0.05, 0.1) is 0 Å². The van der Waals surface area contributed by atoms with E-state index in [1.807, 2.05) is 11.6 Å². The second-order valence-corrected chi connectivity index (χ2v) is 5.33. The van der Waals surface area contributed by atoms with E-state index in [9.17, 15) is 0 Å². The van der Waals surface area contributed by atoms with Gasteiger partial charge in [0, 0.05) is 13.1 Å². The van der Waals surface area contributed by atoms with Gasteiger partial charge in [0.25, 0.3) is 0 Å². The Morgan fingerprint density at radius 1 is 1.53 bits per heavy atom. The summed E-state index contributed by atoms with van der Waals surface area (Å²) in [6.45, 7) is 7.76. The van der Waals surface area contributed by atoms with E-state index in [4.69, 9.17) is 18.0 Å². The van der Waals surface area contributed by atoms with Crippen molar-refractivity contribution in [1.82, 2.24) is 4.67 Å². The van der Waals surface area contributed by atoms with E-state index < -0.39 is 0 Å². The third-order valence-electron chi connectivity index (χ3n) is 2.89. The third kappa shape index (κ3) is 3.25. The highest BCUT2D eigenvalue weighted by Gasteiger charge is 2.23. The van der Waals surface area contributed by atoms with Crippen LogP contribution in [-0.4, -0.2) is 22.7 Å². The Labute approximate surface area is 112 Å². The van der Waals surface area contributed by atoms with E-state index in [2.05, 4.69) is 35.4 Å². The number of nitrogens with two attached hydrogens (primary N) is 1. The molecule has 0 saturated carbocycles. The lowest BCUT2D eigenvalue weighted by Crippen LogP contribution is -2.14. The molecule has 0 aromatic rings. The van der Waals surface area contributed by atoms with E-state index in [-0.39, 0.29) is 0 Å². The lowest BCUT2D eigenvalue weighted by atomic mass is 9.95. The number of thiocarbonyl (C=S) groups is 1. The molecule has 94 valence electrons. The highest BCUT2D eigenvalue weighted by Crippen LogP contribution is 2.29. The Morgan fingerprint density at radius 3 is 2.53 bits per heavy atom. The van der Waals surface area contributed by atoms with Gasteiger partial charge < -0.3 is 10.4 Å². The lowest BCUT2D eigenvalue weighted by molar-refractivity contribution is 0.735. The summed E-state index contributed by atoms with van der Waals surface area (Å²) >= 11 is 5.44. The van der Waals surface area contributed by atoms with Crippen LogP contribution in [0, 0.1) is 0 Å². The first-order valence-electron chi connectivity index (χ1n) is 5.82. The summed E-state index contributed by atoms with van der Waals surface area (Å²) in [6.07, 6.45) is 5.16. The number of hydrogen-bond acceptors (Lipinski definition) is 2. The quantitative estimate of drug-likeness (QED) is 0.369. The van der Waals surface area contributed by atoms with Crippen molar-refractivity contribution < 1.29 is 0 Å². The van der Waals surface area contributed by atoms with Gasteiger partial charge in [-0.25, -0.2) is 0 Å². The molecule has 1 heterocycles. The van der Waals surface area contributed by atoms with Crippen LogP contribution in [0.4, 0.5) is 0 Å². The Bertz CT molecular complexity index is 404. The van der Waals surface area contributed by atoms with Crippen LogP contribution in [-0.2, 0) is 0 Å². The van der Waals surface area contributed by atoms with E-state index in [1.54, 1.807) is 0 Å². The summed E-state index contributed by atoms with van der Waals surface area (Å²) in [5, 5.41) is 0. The largest absolute Gasteiger partial charge is 0.347 e. The molecule has 1 fully saturated rings. The van der Waals surface area contributed by atoms with Crippen LogP contribution in [0.15, 0.2) is 34.4 Å². The van der Waals surface area contributed by atoms with Gasteiger partial charge in [0.2, 0.25) is 0 Å². The van der Waals surface area contributed by atoms with Gasteiger partial charge in [0.1, 0.15) is 4.99 Å². The molecule has 1 rings (SSSR count). The van der Waals surface area contributed by atoms with E-state index in [1.165, 1.54) is 22.3 Å². The maximum atomic E-state index is 5.92. The van der Waals surface area contributed by atoms with Crippen molar-refractivity contribution in [1.29, 1.82) is 0 Å². The second-order valence-electron chi connectivity index (χ2n) is 4.32. The minimum atomic E-state index is 0.541. The van der Waals surface area contributed by atoms with Gasteiger partial charge in [-0.05, 0) is 53.3 Å². The van der Waals surface area contributed by atoms with Crippen molar-refractivity contribution in [3.8, 4) is 0 Å². The zero-order chi connectivity index (χ0) is 13.0. The Kier molecular flexibility index (Phi) is 5.51. The molecular weight excluding hydrogens is 247 g/mol. The van der Waals surface area contributed by atoms with Crippen molar-refractivity contribution in [3.63, 3.8) is 0 Å². The predicted molar refractivity (Wildman–Crippen MR) is 82.9 cm³/mol. The first kappa shape index (κ1) is 14.6. The molecule has 2 N–H and O–H groups in total. The summed E-state index contributed by atoms with van der Waals surface area (Å²) in [4.78, 5) is 0.915. The maximum Gasteiger partial charge on any atom is 0.108 e. The molecule has 0 aliphatic carbocycles. The van der Waals surface area contributed by atoms with E-state index in [0.29, 0.717) is 6.54 Å². The first-order valence-corrected chi connectivity index (χ1v) is 6.74. The fourth-order valence-electron chi connectivity index (χ4n) is 2.03. The highest BCUT2D eigenvalue weighted by atomic mass is 32.1. The maximum absolute atomic E-state index is 5.92. The smallest absolute Gasteiger partial charge is 0.108 e. The van der Waals surface area contributed by atoms with Crippen LogP contribution in [0.5, 0.6) is 0 Å². The zero-order valence-corrected chi connectivity index (χ0v) is 12.8. The van der Waals surface area contributed by atoms with E-state index >= 15 is 0 Å². The first-order chi connectivity index (χ1) is 8.02. The molecule has 1 aliphatic rings. The number of hydrogen-bond donors (Lipinski definition) is 1.